The van der Waals surface area contributed by atoms with Gasteiger partial charge in [-0.05, 0) is 30.2 Å². The van der Waals surface area contributed by atoms with Gasteiger partial charge in [-0.1, -0.05) is 48.9 Å². The first kappa shape index (κ1) is 13.8. The Morgan fingerprint density at radius 3 is 2.58 bits per heavy atom. The van der Waals surface area contributed by atoms with Crippen LogP contribution in [0, 0.1) is 0 Å². The number of halogens is 1. The Kier molecular flexibility index (Phi) is 5.10. The molecular formula is C16H18ClNO. The minimum Gasteiger partial charge on any atom is -0.491 e. The number of aryl methyl sites for hydroxylation is 1. The van der Waals surface area contributed by atoms with Crippen LogP contribution >= 0.6 is 11.6 Å². The molecule has 2 rings (SSSR count). The van der Waals surface area contributed by atoms with Crippen LogP contribution in [0.2, 0.25) is 5.02 Å². The Balaban J connectivity index is 1.83. The second kappa shape index (κ2) is 7.05. The van der Waals surface area contributed by atoms with Gasteiger partial charge in [0.2, 0.25) is 0 Å². The second-order valence-corrected chi connectivity index (χ2v) is 4.62. The van der Waals surface area contributed by atoms with Gasteiger partial charge in [0.1, 0.15) is 12.4 Å². The number of rotatable bonds is 6. The van der Waals surface area contributed by atoms with Gasteiger partial charge >= 0.3 is 0 Å². The van der Waals surface area contributed by atoms with E-state index in [4.69, 9.17) is 16.3 Å². The molecule has 0 radical (unpaired) electrons. The van der Waals surface area contributed by atoms with Gasteiger partial charge in [0.15, 0.2) is 0 Å². The number of hydrogen-bond acceptors (Lipinski definition) is 2. The molecule has 3 heteroatoms. The number of para-hydroxylation sites is 2. The minimum atomic E-state index is 0.613. The van der Waals surface area contributed by atoms with Crippen molar-refractivity contribution in [1.82, 2.24) is 0 Å². The molecule has 0 heterocycles. The van der Waals surface area contributed by atoms with Crippen molar-refractivity contribution in [2.24, 2.45) is 0 Å². The number of benzene rings is 2. The van der Waals surface area contributed by atoms with Crippen LogP contribution in [-0.4, -0.2) is 13.2 Å². The maximum Gasteiger partial charge on any atom is 0.122 e. The van der Waals surface area contributed by atoms with E-state index >= 15 is 0 Å². The maximum atomic E-state index is 6.06. The summed E-state index contributed by atoms with van der Waals surface area (Å²) in [7, 11) is 0. The molecule has 0 aliphatic rings. The van der Waals surface area contributed by atoms with Gasteiger partial charge in [0, 0.05) is 6.54 Å². The van der Waals surface area contributed by atoms with Gasteiger partial charge in [0.25, 0.3) is 0 Å². The summed E-state index contributed by atoms with van der Waals surface area (Å²) >= 11 is 6.06. The highest BCUT2D eigenvalue weighted by Gasteiger charge is 2.01. The van der Waals surface area contributed by atoms with Gasteiger partial charge < -0.3 is 10.1 Å². The van der Waals surface area contributed by atoms with Crippen LogP contribution in [-0.2, 0) is 6.42 Å². The van der Waals surface area contributed by atoms with Crippen molar-refractivity contribution in [2.45, 2.75) is 13.3 Å². The first-order valence-corrected chi connectivity index (χ1v) is 6.88. The third kappa shape index (κ3) is 3.90. The third-order valence-electron chi connectivity index (χ3n) is 2.90. The van der Waals surface area contributed by atoms with Crippen LogP contribution in [0.1, 0.15) is 12.5 Å². The Hall–Kier alpha value is -1.67. The summed E-state index contributed by atoms with van der Waals surface area (Å²) in [6.45, 7) is 3.47. The topological polar surface area (TPSA) is 21.3 Å². The zero-order valence-corrected chi connectivity index (χ0v) is 11.8. The van der Waals surface area contributed by atoms with Crippen molar-refractivity contribution >= 4 is 17.3 Å². The Morgan fingerprint density at radius 1 is 1.05 bits per heavy atom. The summed E-state index contributed by atoms with van der Waals surface area (Å²) in [6, 6.07) is 15.8. The predicted molar refractivity (Wildman–Crippen MR) is 81.3 cm³/mol. The molecule has 1 N–H and O–H groups in total. The van der Waals surface area contributed by atoms with Gasteiger partial charge in [0.05, 0.1) is 10.7 Å². The van der Waals surface area contributed by atoms with Crippen LogP contribution in [0.3, 0.4) is 0 Å². The zero-order chi connectivity index (χ0) is 13.5. The molecular weight excluding hydrogens is 258 g/mol. The van der Waals surface area contributed by atoms with Gasteiger partial charge in [-0.2, -0.15) is 0 Å². The number of anilines is 1. The van der Waals surface area contributed by atoms with E-state index in [1.807, 2.05) is 42.5 Å². The Bertz CT molecular complexity index is 528. The summed E-state index contributed by atoms with van der Waals surface area (Å²) in [4.78, 5) is 0. The lowest BCUT2D eigenvalue weighted by Gasteiger charge is -2.12. The van der Waals surface area contributed by atoms with Crippen molar-refractivity contribution in [3.8, 4) is 5.75 Å². The lowest BCUT2D eigenvalue weighted by Crippen LogP contribution is -2.12. The Morgan fingerprint density at radius 2 is 1.79 bits per heavy atom. The van der Waals surface area contributed by atoms with Crippen LogP contribution in [0.5, 0.6) is 5.75 Å². The summed E-state index contributed by atoms with van der Waals surface area (Å²) in [5, 5.41) is 4.00. The molecule has 0 aromatic heterocycles. The highest BCUT2D eigenvalue weighted by atomic mass is 35.5. The lowest BCUT2D eigenvalue weighted by atomic mass is 10.1. The minimum absolute atomic E-state index is 0.613. The molecule has 2 aromatic rings. The quantitative estimate of drug-likeness (QED) is 0.789. The first-order valence-electron chi connectivity index (χ1n) is 6.50. The summed E-state index contributed by atoms with van der Waals surface area (Å²) < 4.78 is 5.78. The molecule has 0 saturated carbocycles. The van der Waals surface area contributed by atoms with Crippen LogP contribution < -0.4 is 10.1 Å². The molecule has 0 fully saturated rings. The number of nitrogens with one attached hydrogen (secondary N) is 1. The molecule has 0 aliphatic heterocycles. The average Bonchev–Trinajstić information content (AvgIpc) is 2.45. The summed E-state index contributed by atoms with van der Waals surface area (Å²) in [5.74, 6) is 0.964. The van der Waals surface area contributed by atoms with Gasteiger partial charge in [-0.3, -0.25) is 0 Å². The van der Waals surface area contributed by atoms with E-state index in [2.05, 4.69) is 18.3 Å². The lowest BCUT2D eigenvalue weighted by molar-refractivity contribution is 0.329. The zero-order valence-electron chi connectivity index (χ0n) is 11.0. The molecule has 0 amide bonds. The fraction of sp³-hybridized carbons (Fsp3) is 0.250. The Labute approximate surface area is 119 Å². The highest BCUT2D eigenvalue weighted by Crippen LogP contribution is 2.20. The van der Waals surface area contributed by atoms with E-state index < -0.39 is 0 Å². The normalized spacial score (nSPS) is 10.2. The van der Waals surface area contributed by atoms with Gasteiger partial charge in [-0.15, -0.1) is 0 Å². The molecule has 0 spiro atoms. The van der Waals surface area contributed by atoms with E-state index in [9.17, 15) is 0 Å². The smallest absolute Gasteiger partial charge is 0.122 e. The summed E-state index contributed by atoms with van der Waals surface area (Å²) in [5.41, 5.74) is 2.18. The predicted octanol–water partition coefficient (Wildman–Crippen LogP) is 4.39. The second-order valence-electron chi connectivity index (χ2n) is 4.22. The van der Waals surface area contributed by atoms with E-state index in [0.717, 1.165) is 29.4 Å². The molecule has 0 saturated heterocycles. The van der Waals surface area contributed by atoms with Gasteiger partial charge in [-0.25, -0.2) is 0 Å². The standard InChI is InChI=1S/C16H18ClNO/c1-2-13-7-3-6-10-16(13)19-12-11-18-15-9-5-4-8-14(15)17/h3-10,18H,2,11-12H2,1H3. The van der Waals surface area contributed by atoms with Crippen LogP contribution in [0.25, 0.3) is 0 Å². The third-order valence-corrected chi connectivity index (χ3v) is 3.23. The molecule has 0 unspecified atom stereocenters. The van der Waals surface area contributed by atoms with E-state index in [1.165, 1.54) is 5.56 Å². The highest BCUT2D eigenvalue weighted by molar-refractivity contribution is 6.33. The maximum absolute atomic E-state index is 6.06. The molecule has 0 aliphatic carbocycles. The number of hydrogen-bond donors (Lipinski definition) is 1. The van der Waals surface area contributed by atoms with Crippen LogP contribution in [0.4, 0.5) is 5.69 Å². The van der Waals surface area contributed by atoms with Crippen molar-refractivity contribution in [1.29, 1.82) is 0 Å². The number of ether oxygens (including phenoxy) is 1. The molecule has 0 bridgehead atoms. The first-order chi connectivity index (χ1) is 9.31. The molecule has 100 valence electrons. The van der Waals surface area contributed by atoms with Crippen molar-refractivity contribution in [3.63, 3.8) is 0 Å². The SMILES string of the molecule is CCc1ccccc1OCCNc1ccccc1Cl. The van der Waals surface area contributed by atoms with Crippen molar-refractivity contribution in [2.75, 3.05) is 18.5 Å². The van der Waals surface area contributed by atoms with E-state index in [1.54, 1.807) is 0 Å². The van der Waals surface area contributed by atoms with E-state index in [-0.39, 0.29) is 0 Å². The molecule has 2 aromatic carbocycles. The van der Waals surface area contributed by atoms with Crippen molar-refractivity contribution < 1.29 is 4.74 Å². The van der Waals surface area contributed by atoms with Crippen LogP contribution in [0.15, 0.2) is 48.5 Å². The molecule has 19 heavy (non-hydrogen) atoms. The summed E-state index contributed by atoms with van der Waals surface area (Å²) in [6.07, 6.45) is 0.980. The van der Waals surface area contributed by atoms with Crippen molar-refractivity contribution in [3.05, 3.63) is 59.1 Å². The largest absolute Gasteiger partial charge is 0.491 e. The van der Waals surface area contributed by atoms with E-state index in [0.29, 0.717) is 6.61 Å². The molecule has 2 nitrogen and oxygen atoms in total. The fourth-order valence-electron chi connectivity index (χ4n) is 1.89. The average molecular weight is 276 g/mol. The molecule has 0 atom stereocenters. The monoisotopic (exact) mass is 275 g/mol. The fourth-order valence-corrected chi connectivity index (χ4v) is 2.09.